The predicted octanol–water partition coefficient (Wildman–Crippen LogP) is 1.14. The Labute approximate surface area is 125 Å². The number of anilines is 1. The lowest BCUT2D eigenvalue weighted by atomic mass is 10.3. The van der Waals surface area contributed by atoms with E-state index < -0.39 is 28.2 Å². The molecule has 21 heavy (non-hydrogen) atoms. The number of carboxylic acid groups (broad SMARTS) is 1. The summed E-state index contributed by atoms with van der Waals surface area (Å²) in [5.41, 5.74) is 0.620. The molecule has 0 amide bonds. The van der Waals surface area contributed by atoms with Gasteiger partial charge in [-0.1, -0.05) is 11.6 Å². The largest absolute Gasteiger partial charge is 0.481 e. The fourth-order valence-electron chi connectivity index (χ4n) is 1.56. The molecule has 2 rings (SSSR count). The van der Waals surface area contributed by atoms with Gasteiger partial charge >= 0.3 is 5.97 Å². The molecule has 0 unspecified atom stereocenters. The Hall–Kier alpha value is -2.13. The molecule has 112 valence electrons. The van der Waals surface area contributed by atoms with E-state index in [-0.39, 0.29) is 5.69 Å². The van der Waals surface area contributed by atoms with E-state index in [1.165, 1.54) is 23.4 Å². The van der Waals surface area contributed by atoms with Gasteiger partial charge in [-0.2, -0.15) is 5.10 Å². The molecule has 0 radical (unpaired) electrons. The van der Waals surface area contributed by atoms with E-state index in [1.807, 2.05) is 0 Å². The Kier molecular flexibility index (Phi) is 4.43. The molecule has 0 spiro atoms. The van der Waals surface area contributed by atoms with E-state index in [0.717, 1.165) is 0 Å². The normalized spacial score (nSPS) is 11.3. The molecule has 0 fully saturated rings. The molecule has 2 aromatic rings. The van der Waals surface area contributed by atoms with Crippen LogP contribution in [0.4, 0.5) is 5.69 Å². The van der Waals surface area contributed by atoms with Gasteiger partial charge < -0.3 is 5.11 Å². The van der Waals surface area contributed by atoms with Crippen molar-refractivity contribution >= 4 is 33.3 Å². The van der Waals surface area contributed by atoms with Crippen molar-refractivity contribution in [2.75, 3.05) is 10.5 Å². The van der Waals surface area contributed by atoms with Gasteiger partial charge in [0.25, 0.3) is 0 Å². The standard InChI is InChI=1S/C11H11ClN4O4S/c12-8-1-2-10(16-7-13-6-14-16)9(5-8)15-21(19,20)4-3-11(17)18/h1-2,5-7,15H,3-4H2,(H,17,18). The lowest BCUT2D eigenvalue weighted by Crippen LogP contribution is -2.20. The summed E-state index contributed by atoms with van der Waals surface area (Å²) in [7, 11) is -3.81. The van der Waals surface area contributed by atoms with Crippen LogP contribution in [0.25, 0.3) is 5.69 Å². The van der Waals surface area contributed by atoms with Gasteiger partial charge in [-0.15, -0.1) is 0 Å². The zero-order valence-electron chi connectivity index (χ0n) is 10.6. The molecule has 0 bridgehead atoms. The molecule has 1 aromatic heterocycles. The van der Waals surface area contributed by atoms with Crippen molar-refractivity contribution in [3.8, 4) is 5.69 Å². The summed E-state index contributed by atoms with van der Waals surface area (Å²) in [6, 6.07) is 4.57. The molecule has 8 nitrogen and oxygen atoms in total. The van der Waals surface area contributed by atoms with E-state index in [1.54, 1.807) is 12.1 Å². The van der Waals surface area contributed by atoms with Crippen LogP contribution in [0.5, 0.6) is 0 Å². The number of benzene rings is 1. The summed E-state index contributed by atoms with van der Waals surface area (Å²) >= 11 is 5.86. The first-order valence-electron chi connectivity index (χ1n) is 5.74. The van der Waals surface area contributed by atoms with Crippen LogP contribution in [-0.4, -0.2) is 40.0 Å². The lowest BCUT2D eigenvalue weighted by Gasteiger charge is -2.12. The quantitative estimate of drug-likeness (QED) is 0.820. The molecule has 0 aliphatic heterocycles. The van der Waals surface area contributed by atoms with Gasteiger partial charge in [-0.05, 0) is 18.2 Å². The third-order valence-electron chi connectivity index (χ3n) is 2.47. The minimum absolute atomic E-state index is 0.193. The number of nitrogens with one attached hydrogen (secondary N) is 1. The maximum Gasteiger partial charge on any atom is 0.304 e. The van der Waals surface area contributed by atoms with E-state index in [4.69, 9.17) is 16.7 Å². The Morgan fingerprint density at radius 1 is 1.43 bits per heavy atom. The summed E-state index contributed by atoms with van der Waals surface area (Å²) in [4.78, 5) is 14.3. The number of nitrogens with zero attached hydrogens (tertiary/aromatic N) is 3. The van der Waals surface area contributed by atoms with Crippen LogP contribution < -0.4 is 4.72 Å². The van der Waals surface area contributed by atoms with Crippen LogP contribution in [0.3, 0.4) is 0 Å². The SMILES string of the molecule is O=C(O)CCS(=O)(=O)Nc1cc(Cl)ccc1-n1cncn1. The third-order valence-corrected chi connectivity index (χ3v) is 3.98. The van der Waals surface area contributed by atoms with Crippen molar-refractivity contribution in [3.05, 3.63) is 35.9 Å². The minimum Gasteiger partial charge on any atom is -0.481 e. The third kappa shape index (κ3) is 4.17. The van der Waals surface area contributed by atoms with Crippen molar-refractivity contribution < 1.29 is 18.3 Å². The van der Waals surface area contributed by atoms with Gasteiger partial charge in [0, 0.05) is 5.02 Å². The molecular formula is C11H11ClN4O4S. The monoisotopic (exact) mass is 330 g/mol. The van der Waals surface area contributed by atoms with Gasteiger partial charge in [-0.3, -0.25) is 9.52 Å². The molecule has 2 N–H and O–H groups in total. The van der Waals surface area contributed by atoms with Crippen molar-refractivity contribution in [3.63, 3.8) is 0 Å². The first-order chi connectivity index (χ1) is 9.87. The number of hydrogen-bond acceptors (Lipinski definition) is 5. The number of carboxylic acids is 1. The maximum absolute atomic E-state index is 11.9. The summed E-state index contributed by atoms with van der Waals surface area (Å²) in [6.45, 7) is 0. The van der Waals surface area contributed by atoms with Crippen LogP contribution in [0.2, 0.25) is 5.02 Å². The maximum atomic E-state index is 11.9. The molecule has 10 heteroatoms. The summed E-state index contributed by atoms with van der Waals surface area (Å²) in [6.07, 6.45) is 2.21. The number of aliphatic carboxylic acids is 1. The number of carbonyl (C=O) groups is 1. The van der Waals surface area contributed by atoms with Crippen LogP contribution >= 0.6 is 11.6 Å². The van der Waals surface area contributed by atoms with Gasteiger partial charge in [0.15, 0.2) is 0 Å². The zero-order chi connectivity index (χ0) is 15.5. The molecule has 0 atom stereocenters. The molecule has 0 saturated heterocycles. The van der Waals surface area contributed by atoms with Gasteiger partial charge in [0.1, 0.15) is 12.7 Å². The average molecular weight is 331 g/mol. The first kappa shape index (κ1) is 15.3. The second-order valence-electron chi connectivity index (χ2n) is 4.07. The first-order valence-corrected chi connectivity index (χ1v) is 7.77. The van der Waals surface area contributed by atoms with Crippen molar-refractivity contribution in [1.29, 1.82) is 0 Å². The number of aromatic nitrogens is 3. The highest BCUT2D eigenvalue weighted by molar-refractivity contribution is 7.92. The smallest absolute Gasteiger partial charge is 0.304 e. The summed E-state index contributed by atoms with van der Waals surface area (Å²) < 4.78 is 27.4. The number of hydrogen-bond donors (Lipinski definition) is 2. The topological polar surface area (TPSA) is 114 Å². The molecular weight excluding hydrogens is 320 g/mol. The highest BCUT2D eigenvalue weighted by Crippen LogP contribution is 2.25. The Bertz CT molecular complexity index is 746. The average Bonchev–Trinajstić information content (AvgIpc) is 2.90. The van der Waals surface area contributed by atoms with E-state index in [0.29, 0.717) is 10.7 Å². The molecule has 0 saturated carbocycles. The second kappa shape index (κ2) is 6.10. The fourth-order valence-corrected chi connectivity index (χ4v) is 2.78. The Morgan fingerprint density at radius 2 is 2.19 bits per heavy atom. The predicted molar refractivity (Wildman–Crippen MR) is 76.0 cm³/mol. The highest BCUT2D eigenvalue weighted by Gasteiger charge is 2.16. The van der Waals surface area contributed by atoms with E-state index >= 15 is 0 Å². The Morgan fingerprint density at radius 3 is 2.81 bits per heavy atom. The van der Waals surface area contributed by atoms with Crippen LogP contribution in [0, 0.1) is 0 Å². The fraction of sp³-hybridized carbons (Fsp3) is 0.182. The van der Waals surface area contributed by atoms with Crippen molar-refractivity contribution in [2.24, 2.45) is 0 Å². The molecule has 1 aromatic carbocycles. The minimum atomic E-state index is -3.81. The number of halogens is 1. The molecule has 0 aliphatic carbocycles. The molecule has 0 aliphatic rings. The van der Waals surface area contributed by atoms with Crippen molar-refractivity contribution in [2.45, 2.75) is 6.42 Å². The van der Waals surface area contributed by atoms with Crippen molar-refractivity contribution in [1.82, 2.24) is 14.8 Å². The summed E-state index contributed by atoms with van der Waals surface area (Å²) in [5, 5.41) is 12.8. The van der Waals surface area contributed by atoms with Gasteiger partial charge in [0.05, 0.1) is 23.5 Å². The van der Waals surface area contributed by atoms with Crippen LogP contribution in [0.15, 0.2) is 30.9 Å². The second-order valence-corrected chi connectivity index (χ2v) is 6.34. The van der Waals surface area contributed by atoms with Gasteiger partial charge in [0.2, 0.25) is 10.0 Å². The van der Waals surface area contributed by atoms with Crippen LogP contribution in [0.1, 0.15) is 6.42 Å². The Balaban J connectivity index is 2.31. The van der Waals surface area contributed by atoms with Gasteiger partial charge in [-0.25, -0.2) is 18.1 Å². The number of rotatable bonds is 6. The highest BCUT2D eigenvalue weighted by atomic mass is 35.5. The lowest BCUT2D eigenvalue weighted by molar-refractivity contribution is -0.136. The van der Waals surface area contributed by atoms with E-state index in [9.17, 15) is 13.2 Å². The van der Waals surface area contributed by atoms with Crippen LogP contribution in [-0.2, 0) is 14.8 Å². The zero-order valence-corrected chi connectivity index (χ0v) is 12.2. The molecule has 1 heterocycles. The summed E-state index contributed by atoms with van der Waals surface area (Å²) in [5.74, 6) is -1.73. The number of sulfonamides is 1. The van der Waals surface area contributed by atoms with E-state index in [2.05, 4.69) is 14.8 Å².